The van der Waals surface area contributed by atoms with Crippen molar-refractivity contribution in [2.45, 2.75) is 68.3 Å². The fraction of sp³-hybridized carbons (Fsp3) is 0.545. The Hall–Kier alpha value is 1.07. The van der Waals surface area contributed by atoms with Crippen LogP contribution in [0.3, 0.4) is 0 Å². The van der Waals surface area contributed by atoms with Crippen LogP contribution in [0, 0.1) is 6.92 Å². The normalized spacial score (nSPS) is 29.4. The first-order chi connectivity index (χ1) is 22.0. The summed E-state index contributed by atoms with van der Waals surface area (Å²) >= 11 is 0. The van der Waals surface area contributed by atoms with E-state index >= 15 is 0 Å². The molecule has 0 unspecified atom stereocenters. The maximum Gasteiger partial charge on any atom is 1.00 e. The zero-order valence-electron chi connectivity index (χ0n) is 27.6. The summed E-state index contributed by atoms with van der Waals surface area (Å²) < 4.78 is 137. The molecule has 30 heteroatoms. The summed E-state index contributed by atoms with van der Waals surface area (Å²) in [5.74, 6) is -2.38. The predicted molar refractivity (Wildman–Crippen MR) is 140 cm³/mol. The summed E-state index contributed by atoms with van der Waals surface area (Å²) in [7, 11) is -17.2. The van der Waals surface area contributed by atoms with Crippen molar-refractivity contribution in [3.8, 4) is 5.75 Å². The van der Waals surface area contributed by atoms with Gasteiger partial charge in [-0.3, -0.25) is 8.37 Å². The number of aliphatic hydroxyl groups is 3. The molecule has 2 aliphatic rings. The number of aryl methyl sites for hydroxylation is 1. The van der Waals surface area contributed by atoms with Gasteiger partial charge in [0.05, 0.1) is 12.6 Å². The van der Waals surface area contributed by atoms with Gasteiger partial charge in [0.15, 0.2) is 16.6 Å². The third-order valence-corrected chi connectivity index (χ3v) is 8.25. The smallest absolute Gasteiger partial charge is 0.735 e. The van der Waals surface area contributed by atoms with E-state index in [9.17, 15) is 68.9 Å². The van der Waals surface area contributed by atoms with Gasteiger partial charge in [-0.05, 0) is 24.6 Å². The Kier molecular flexibility index (Phi) is 21.6. The first-order valence-electron chi connectivity index (χ1n) is 12.9. The summed E-state index contributed by atoms with van der Waals surface area (Å²) in [6.07, 6.45) is -21.8. The fourth-order valence-electron chi connectivity index (χ4n) is 4.81. The van der Waals surface area contributed by atoms with Crippen LogP contribution in [0.4, 0.5) is 0 Å². The van der Waals surface area contributed by atoms with E-state index in [1.165, 1.54) is 22.9 Å². The summed E-state index contributed by atoms with van der Waals surface area (Å²) in [6.45, 7) is 0.118. The Morgan fingerprint density at radius 1 is 0.865 bits per heavy atom. The number of aliphatic hydroxyl groups excluding tert-OH is 3. The van der Waals surface area contributed by atoms with Gasteiger partial charge in [0.25, 0.3) is 0 Å². The van der Waals surface area contributed by atoms with Crippen molar-refractivity contribution in [2.75, 3.05) is 6.61 Å². The number of carbonyl (C=O) groups excluding carboxylic acids is 1. The maximum absolute atomic E-state index is 12.1. The van der Waals surface area contributed by atoms with Crippen LogP contribution in [0.5, 0.6) is 5.75 Å². The van der Waals surface area contributed by atoms with Gasteiger partial charge in [0.1, 0.15) is 60.1 Å². The van der Waals surface area contributed by atoms with E-state index in [1.807, 2.05) is 0 Å². The van der Waals surface area contributed by atoms with Gasteiger partial charge >= 0.3 is 124 Å². The minimum atomic E-state index is -5.91. The number of ether oxygens (including phenoxy) is 4. The molecular weight excluding hydrogens is 818 g/mol. The predicted octanol–water partition coefficient (Wildman–Crippen LogP) is -18.1. The molecule has 23 nitrogen and oxygen atoms in total. The SMILES string of the molecule is Cc1cc(=O)oc2cc(O[C@@H]3O[C@H](C(=O)[O-])[C@@H](O[C@H]4O[C@H](COS(=O)(=O)[O-])[C@@H](O)[C@H](OS(=O)(=O)[O-])[C@H]4NS(=O)(=O)[O-])[C@H](O)[C@H]3O)ccc12.[Na+].[Na+].[Na+].[Na+]. The molecule has 0 spiro atoms. The Labute approximate surface area is 382 Å². The minimum absolute atomic E-state index is 0. The Morgan fingerprint density at radius 2 is 1.48 bits per heavy atom. The first-order valence-corrected chi connectivity index (χ1v) is 17.0. The molecule has 2 aromatic rings. The molecule has 0 saturated carbocycles. The van der Waals surface area contributed by atoms with Crippen molar-refractivity contribution in [3.05, 3.63) is 40.2 Å². The number of nitrogens with one attached hydrogen (secondary N) is 1. The van der Waals surface area contributed by atoms with Gasteiger partial charge in [0.2, 0.25) is 27.1 Å². The number of fused-ring (bicyclic) bond motifs is 1. The molecule has 52 heavy (non-hydrogen) atoms. The van der Waals surface area contributed by atoms with Gasteiger partial charge in [-0.15, -0.1) is 0 Å². The van der Waals surface area contributed by atoms with Crippen LogP contribution in [-0.4, -0.2) is 128 Å². The molecule has 0 radical (unpaired) electrons. The van der Waals surface area contributed by atoms with E-state index < -0.39 is 111 Å². The number of aliphatic carboxylic acids is 1. The Bertz CT molecular complexity index is 1920. The average Bonchev–Trinajstić information content (AvgIpc) is 2.93. The molecule has 4 N–H and O–H groups in total. The Morgan fingerprint density at radius 3 is 2.02 bits per heavy atom. The van der Waals surface area contributed by atoms with Crippen LogP contribution >= 0.6 is 0 Å². The summed E-state index contributed by atoms with van der Waals surface area (Å²) in [5.41, 5.74) is -0.199. The average molecular weight is 842 g/mol. The van der Waals surface area contributed by atoms with Crippen molar-refractivity contribution in [1.82, 2.24) is 4.72 Å². The number of carboxylic acid groups (broad SMARTS) is 1. The molecule has 3 heterocycles. The monoisotopic (exact) mass is 841 g/mol. The Balaban J connectivity index is 0.00000650. The summed E-state index contributed by atoms with van der Waals surface area (Å²) in [6, 6.07) is 2.49. The van der Waals surface area contributed by atoms with Crippen molar-refractivity contribution < 1.29 is 214 Å². The molecule has 270 valence electrons. The zero-order chi connectivity index (χ0) is 35.9. The standard InChI is InChI=1S/C22H27NO22S3.4Na/c1-7-4-12(24)41-10-5-8(2-3-9(7)10)40-22-16(27)15(26)18(19(44-22)20(28)29)43-21-13(23-46(30,31)32)17(45-48(36,37)38)14(25)11(42-21)6-39-47(33,34)35;;;;/h2-5,11,13-19,21-23,25-27H,6H2,1H3,(H,28,29)(H,30,31,32)(H,33,34,35)(H,36,37,38);;;;/q;4*+1/p-4/t11-,13-,14-,15-,16-,17-,18+,19+,21-,22-;;;;/m1..../s1. The number of carbonyl (C=O) groups is 1. The van der Waals surface area contributed by atoms with Crippen molar-refractivity contribution in [2.24, 2.45) is 0 Å². The number of carboxylic acids is 1. The third kappa shape index (κ3) is 14.5. The molecule has 4 rings (SSSR count). The van der Waals surface area contributed by atoms with E-state index in [0.29, 0.717) is 10.9 Å². The molecule has 1 aromatic heterocycles. The largest absolute Gasteiger partial charge is 1.00 e. The van der Waals surface area contributed by atoms with E-state index in [2.05, 4.69) is 8.37 Å². The van der Waals surface area contributed by atoms with Crippen LogP contribution in [0.1, 0.15) is 5.56 Å². The van der Waals surface area contributed by atoms with Crippen LogP contribution in [-0.2, 0) is 58.5 Å². The molecule has 10 atom stereocenters. The van der Waals surface area contributed by atoms with E-state index in [-0.39, 0.29) is 130 Å². The summed E-state index contributed by atoms with van der Waals surface area (Å²) in [5, 5.41) is 44.7. The second-order valence-electron chi connectivity index (χ2n) is 10.1. The fourth-order valence-corrected chi connectivity index (χ4v) is 6.19. The van der Waals surface area contributed by atoms with Crippen LogP contribution in [0.25, 0.3) is 11.0 Å². The van der Waals surface area contributed by atoms with Crippen molar-refractivity contribution in [1.29, 1.82) is 0 Å². The second-order valence-corrected chi connectivity index (χ2v) is 13.3. The zero-order valence-corrected chi connectivity index (χ0v) is 38.1. The molecular formula is C22H23NNa4O22S3. The number of hydrogen-bond donors (Lipinski definition) is 4. The van der Waals surface area contributed by atoms with Gasteiger partial charge < -0.3 is 62.2 Å². The van der Waals surface area contributed by atoms with Crippen LogP contribution in [0.2, 0.25) is 0 Å². The van der Waals surface area contributed by atoms with Gasteiger partial charge in [0, 0.05) is 17.5 Å². The van der Waals surface area contributed by atoms with Crippen LogP contribution < -0.4 is 138 Å². The molecule has 0 aliphatic carbocycles. The van der Waals surface area contributed by atoms with Crippen molar-refractivity contribution >= 4 is 48.0 Å². The van der Waals surface area contributed by atoms with Gasteiger partial charge in [-0.2, -0.15) is 0 Å². The second kappa shape index (κ2) is 21.2. The van der Waals surface area contributed by atoms with Gasteiger partial charge in [-0.1, -0.05) is 0 Å². The van der Waals surface area contributed by atoms with Crippen molar-refractivity contribution in [3.63, 3.8) is 0 Å². The first kappa shape index (κ1) is 53.1. The third-order valence-electron chi connectivity index (χ3n) is 6.80. The maximum atomic E-state index is 12.1. The number of rotatable bonds is 12. The van der Waals surface area contributed by atoms with Gasteiger partial charge in [-0.25, -0.2) is 34.8 Å². The number of benzene rings is 1. The topological polar surface area (TPSA) is 370 Å². The van der Waals surface area contributed by atoms with E-state index in [4.69, 9.17) is 23.4 Å². The van der Waals surface area contributed by atoms with E-state index in [1.54, 1.807) is 6.92 Å². The molecule has 0 bridgehead atoms. The molecule has 1 aromatic carbocycles. The molecule has 2 fully saturated rings. The molecule has 2 saturated heterocycles. The number of hydrogen-bond acceptors (Lipinski definition) is 22. The minimum Gasteiger partial charge on any atom is -0.735 e. The quantitative estimate of drug-likeness (QED) is 0.0667. The molecule has 2 aliphatic heterocycles. The van der Waals surface area contributed by atoms with Crippen LogP contribution in [0.15, 0.2) is 33.5 Å². The molecule has 0 amide bonds. The van der Waals surface area contributed by atoms with E-state index in [0.717, 1.165) is 6.07 Å². The summed E-state index contributed by atoms with van der Waals surface area (Å²) in [4.78, 5) is 23.8.